The number of ether oxygens (including phenoxy) is 1. The maximum absolute atomic E-state index is 11.7. The van der Waals surface area contributed by atoms with Crippen molar-refractivity contribution in [3.63, 3.8) is 0 Å². The molecule has 0 aliphatic carbocycles. The Morgan fingerprint density at radius 2 is 2.17 bits per heavy atom. The van der Waals surface area contributed by atoms with Crippen LogP contribution in [0.25, 0.3) is 0 Å². The maximum atomic E-state index is 11.7. The lowest BCUT2D eigenvalue weighted by atomic mass is 10.1. The van der Waals surface area contributed by atoms with Crippen molar-refractivity contribution in [1.29, 1.82) is 0 Å². The molecule has 1 saturated heterocycles. The van der Waals surface area contributed by atoms with Crippen LogP contribution in [-0.2, 0) is 11.8 Å². The molecule has 18 heavy (non-hydrogen) atoms. The average Bonchev–Trinajstić information content (AvgIpc) is 2.53. The van der Waals surface area contributed by atoms with E-state index in [0.29, 0.717) is 13.1 Å². The molecule has 1 aliphatic heterocycles. The largest absolute Gasteiger partial charge is 0.444 e. The second kappa shape index (κ2) is 4.51. The predicted octanol–water partition coefficient (Wildman–Crippen LogP) is 1.45. The fourth-order valence-corrected chi connectivity index (χ4v) is 1.75. The van der Waals surface area contributed by atoms with Crippen LogP contribution in [0, 0.1) is 0 Å². The summed E-state index contributed by atoms with van der Waals surface area (Å²) in [7, 11) is 1.87. The van der Waals surface area contributed by atoms with Gasteiger partial charge in [-0.3, -0.25) is 4.68 Å². The van der Waals surface area contributed by atoms with Gasteiger partial charge < -0.3 is 15.0 Å². The van der Waals surface area contributed by atoms with Gasteiger partial charge in [-0.15, -0.1) is 0 Å². The number of hydrogen-bond acceptors (Lipinski definition) is 4. The van der Waals surface area contributed by atoms with Gasteiger partial charge in [0.1, 0.15) is 11.4 Å². The number of aromatic nitrogens is 2. The van der Waals surface area contributed by atoms with E-state index in [1.54, 1.807) is 9.58 Å². The first kappa shape index (κ1) is 12.7. The van der Waals surface area contributed by atoms with Crippen molar-refractivity contribution < 1.29 is 9.53 Å². The molecule has 0 bridgehead atoms. The Balaban J connectivity index is 1.75. The summed E-state index contributed by atoms with van der Waals surface area (Å²) in [5.74, 6) is 0.839. The first-order valence-electron chi connectivity index (χ1n) is 6.07. The molecule has 1 fully saturated rings. The second-order valence-corrected chi connectivity index (χ2v) is 5.60. The minimum atomic E-state index is -0.434. The van der Waals surface area contributed by atoms with Crippen LogP contribution in [0.2, 0.25) is 0 Å². The highest BCUT2D eigenvalue weighted by atomic mass is 16.6. The van der Waals surface area contributed by atoms with Gasteiger partial charge in [0, 0.05) is 32.4 Å². The summed E-state index contributed by atoms with van der Waals surface area (Å²) in [6.45, 7) is 6.92. The van der Waals surface area contributed by atoms with Crippen LogP contribution in [-0.4, -0.2) is 45.5 Å². The van der Waals surface area contributed by atoms with Crippen molar-refractivity contribution in [1.82, 2.24) is 14.7 Å². The van der Waals surface area contributed by atoms with Crippen LogP contribution in [0.3, 0.4) is 0 Å². The predicted molar refractivity (Wildman–Crippen MR) is 68.4 cm³/mol. The zero-order chi connectivity index (χ0) is 13.3. The molecule has 1 aliphatic rings. The lowest BCUT2D eigenvalue weighted by molar-refractivity contribution is 0.0104. The van der Waals surface area contributed by atoms with Gasteiger partial charge in [0.05, 0.1) is 6.04 Å². The van der Waals surface area contributed by atoms with E-state index in [0.717, 1.165) is 5.82 Å². The average molecular weight is 252 g/mol. The van der Waals surface area contributed by atoms with Crippen molar-refractivity contribution in [3.05, 3.63) is 12.3 Å². The van der Waals surface area contributed by atoms with Crippen molar-refractivity contribution in [2.75, 3.05) is 18.4 Å². The van der Waals surface area contributed by atoms with Gasteiger partial charge in [0.2, 0.25) is 0 Å². The lowest BCUT2D eigenvalue weighted by Crippen LogP contribution is -2.58. The molecular weight excluding hydrogens is 232 g/mol. The number of aryl methyl sites for hydroxylation is 1. The number of hydrogen-bond donors (Lipinski definition) is 1. The van der Waals surface area contributed by atoms with Crippen molar-refractivity contribution in [3.8, 4) is 0 Å². The molecule has 6 heteroatoms. The van der Waals surface area contributed by atoms with Crippen LogP contribution < -0.4 is 5.32 Å². The van der Waals surface area contributed by atoms with Crippen LogP contribution >= 0.6 is 0 Å². The van der Waals surface area contributed by atoms with Gasteiger partial charge in [-0.25, -0.2) is 4.79 Å². The van der Waals surface area contributed by atoms with Gasteiger partial charge in [-0.05, 0) is 20.8 Å². The number of nitrogens with zero attached hydrogens (tertiary/aromatic N) is 3. The quantitative estimate of drug-likeness (QED) is 0.865. The highest BCUT2D eigenvalue weighted by Crippen LogP contribution is 2.17. The molecular formula is C12H20N4O2. The van der Waals surface area contributed by atoms with E-state index in [-0.39, 0.29) is 12.1 Å². The van der Waals surface area contributed by atoms with E-state index in [9.17, 15) is 4.79 Å². The van der Waals surface area contributed by atoms with Gasteiger partial charge in [-0.2, -0.15) is 5.10 Å². The normalized spacial score (nSPS) is 16.3. The van der Waals surface area contributed by atoms with Crippen molar-refractivity contribution in [2.24, 2.45) is 7.05 Å². The Morgan fingerprint density at radius 1 is 1.50 bits per heavy atom. The highest BCUT2D eigenvalue weighted by molar-refractivity contribution is 5.69. The number of rotatable bonds is 2. The van der Waals surface area contributed by atoms with Crippen LogP contribution in [0.15, 0.2) is 12.3 Å². The van der Waals surface area contributed by atoms with Crippen LogP contribution in [0.4, 0.5) is 10.6 Å². The van der Waals surface area contributed by atoms with E-state index < -0.39 is 5.60 Å². The Morgan fingerprint density at radius 3 is 2.67 bits per heavy atom. The van der Waals surface area contributed by atoms with Gasteiger partial charge in [0.15, 0.2) is 0 Å². The number of carbonyl (C=O) groups is 1. The summed E-state index contributed by atoms with van der Waals surface area (Å²) in [6, 6.07) is 2.17. The third-order valence-electron chi connectivity index (χ3n) is 2.60. The third kappa shape index (κ3) is 3.15. The Kier molecular flexibility index (Phi) is 3.19. The van der Waals surface area contributed by atoms with Crippen LogP contribution in [0.5, 0.6) is 0 Å². The van der Waals surface area contributed by atoms with Crippen molar-refractivity contribution >= 4 is 11.9 Å². The Bertz CT molecular complexity index is 430. The molecule has 1 N–H and O–H groups in total. The molecule has 0 unspecified atom stereocenters. The van der Waals surface area contributed by atoms with E-state index in [4.69, 9.17) is 4.74 Å². The second-order valence-electron chi connectivity index (χ2n) is 5.60. The number of likely N-dealkylation sites (tertiary alicyclic amines) is 1. The van der Waals surface area contributed by atoms with Crippen LogP contribution in [0.1, 0.15) is 20.8 Å². The van der Waals surface area contributed by atoms with E-state index in [1.807, 2.05) is 40.1 Å². The molecule has 100 valence electrons. The molecule has 1 amide bonds. The number of nitrogens with one attached hydrogen (secondary N) is 1. The summed E-state index contributed by atoms with van der Waals surface area (Å²) in [6.07, 6.45) is 1.63. The molecule has 2 rings (SSSR count). The summed E-state index contributed by atoms with van der Waals surface area (Å²) >= 11 is 0. The Hall–Kier alpha value is -1.72. The molecule has 0 radical (unpaired) electrons. The number of carbonyl (C=O) groups excluding carboxylic acids is 1. The van der Waals surface area contributed by atoms with E-state index in [1.165, 1.54) is 0 Å². The highest BCUT2D eigenvalue weighted by Gasteiger charge is 2.33. The summed E-state index contributed by atoms with van der Waals surface area (Å²) in [5, 5.41) is 7.50. The fraction of sp³-hybridized carbons (Fsp3) is 0.667. The minimum Gasteiger partial charge on any atom is -0.444 e. The summed E-state index contributed by atoms with van der Waals surface area (Å²) < 4.78 is 7.03. The minimum absolute atomic E-state index is 0.249. The molecule has 0 saturated carbocycles. The standard InChI is InChI=1S/C12H20N4O2/c1-12(2,3)18-11(17)16-7-9(8-16)13-10-5-6-15(4)14-10/h5-6,9H,7-8H2,1-4H3,(H,13,14). The zero-order valence-corrected chi connectivity index (χ0v) is 11.3. The smallest absolute Gasteiger partial charge is 0.410 e. The lowest BCUT2D eigenvalue weighted by Gasteiger charge is -2.40. The molecule has 2 heterocycles. The topological polar surface area (TPSA) is 59.4 Å². The SMILES string of the molecule is Cn1ccc(NC2CN(C(=O)OC(C)(C)C)C2)n1. The summed E-state index contributed by atoms with van der Waals surface area (Å²) in [5.41, 5.74) is -0.434. The zero-order valence-electron chi connectivity index (χ0n) is 11.3. The van der Waals surface area contributed by atoms with E-state index in [2.05, 4.69) is 10.4 Å². The number of amides is 1. The van der Waals surface area contributed by atoms with E-state index >= 15 is 0 Å². The molecule has 0 atom stereocenters. The van der Waals surface area contributed by atoms with Gasteiger partial charge >= 0.3 is 6.09 Å². The molecule has 0 aromatic carbocycles. The first-order chi connectivity index (χ1) is 8.33. The van der Waals surface area contributed by atoms with Crippen molar-refractivity contribution in [2.45, 2.75) is 32.4 Å². The maximum Gasteiger partial charge on any atom is 0.410 e. The number of anilines is 1. The molecule has 6 nitrogen and oxygen atoms in total. The third-order valence-corrected chi connectivity index (χ3v) is 2.60. The molecule has 1 aromatic rings. The fourth-order valence-electron chi connectivity index (χ4n) is 1.75. The van der Waals surface area contributed by atoms with Gasteiger partial charge in [-0.1, -0.05) is 0 Å². The molecule has 1 aromatic heterocycles. The first-order valence-corrected chi connectivity index (χ1v) is 6.07. The van der Waals surface area contributed by atoms with Gasteiger partial charge in [0.25, 0.3) is 0 Å². The monoisotopic (exact) mass is 252 g/mol. The summed E-state index contributed by atoms with van der Waals surface area (Å²) in [4.78, 5) is 13.4. The Labute approximate surface area is 107 Å². The molecule has 0 spiro atoms.